The summed E-state index contributed by atoms with van der Waals surface area (Å²) in [5.41, 5.74) is 3.09. The number of rotatable bonds is 5. The standard InChI is InChI=1S/C15H22ClNO/c1-5-6-12-8-14(12)17-9(2)7-13(11(17)4)15(18)10(3)16/h7,10,12,14H,5-6,8H2,1-4H3. The Balaban J connectivity index is 2.26. The molecule has 100 valence electrons. The van der Waals surface area contributed by atoms with E-state index in [1.807, 2.05) is 13.0 Å². The van der Waals surface area contributed by atoms with Crippen molar-refractivity contribution < 1.29 is 4.79 Å². The van der Waals surface area contributed by atoms with E-state index in [4.69, 9.17) is 11.6 Å². The van der Waals surface area contributed by atoms with Gasteiger partial charge in [0.25, 0.3) is 0 Å². The zero-order chi connectivity index (χ0) is 13.4. The largest absolute Gasteiger partial charge is 0.345 e. The van der Waals surface area contributed by atoms with Gasteiger partial charge in [0.05, 0.1) is 5.38 Å². The van der Waals surface area contributed by atoms with Gasteiger partial charge in [-0.25, -0.2) is 0 Å². The molecule has 0 radical (unpaired) electrons. The van der Waals surface area contributed by atoms with Gasteiger partial charge in [0.15, 0.2) is 5.78 Å². The summed E-state index contributed by atoms with van der Waals surface area (Å²) in [5, 5.41) is -0.440. The van der Waals surface area contributed by atoms with E-state index in [9.17, 15) is 4.79 Å². The third-order valence-electron chi connectivity index (χ3n) is 3.99. The van der Waals surface area contributed by atoms with Crippen molar-refractivity contribution in [1.29, 1.82) is 0 Å². The van der Waals surface area contributed by atoms with Crippen LogP contribution in [0.4, 0.5) is 0 Å². The van der Waals surface area contributed by atoms with E-state index < -0.39 is 5.38 Å². The molecule has 0 N–H and O–H groups in total. The first-order chi connectivity index (χ1) is 8.47. The molecular weight excluding hydrogens is 246 g/mol. The Morgan fingerprint density at radius 1 is 1.56 bits per heavy atom. The van der Waals surface area contributed by atoms with Crippen LogP contribution in [0.5, 0.6) is 0 Å². The number of nitrogens with zero attached hydrogens (tertiary/aromatic N) is 1. The smallest absolute Gasteiger partial charge is 0.182 e. The lowest BCUT2D eigenvalue weighted by Gasteiger charge is -2.09. The first-order valence-corrected chi connectivity index (χ1v) is 7.27. The molecule has 2 nitrogen and oxygen atoms in total. The summed E-state index contributed by atoms with van der Waals surface area (Å²) in [5.74, 6) is 0.847. The van der Waals surface area contributed by atoms with Gasteiger partial charge in [0, 0.05) is 23.0 Å². The zero-order valence-electron chi connectivity index (χ0n) is 11.7. The number of alkyl halides is 1. The van der Waals surface area contributed by atoms with Gasteiger partial charge in [0.2, 0.25) is 0 Å². The number of carbonyl (C=O) groups is 1. The lowest BCUT2D eigenvalue weighted by molar-refractivity contribution is 0.0991. The van der Waals surface area contributed by atoms with Crippen LogP contribution in [0.2, 0.25) is 0 Å². The van der Waals surface area contributed by atoms with Crippen molar-refractivity contribution in [2.45, 2.75) is 58.4 Å². The highest BCUT2D eigenvalue weighted by molar-refractivity contribution is 6.33. The quantitative estimate of drug-likeness (QED) is 0.577. The van der Waals surface area contributed by atoms with Crippen molar-refractivity contribution in [3.8, 4) is 0 Å². The van der Waals surface area contributed by atoms with Gasteiger partial charge in [-0.1, -0.05) is 13.3 Å². The maximum Gasteiger partial charge on any atom is 0.182 e. The van der Waals surface area contributed by atoms with Gasteiger partial charge in [-0.2, -0.15) is 0 Å². The Hall–Kier alpha value is -0.760. The molecule has 1 aliphatic carbocycles. The van der Waals surface area contributed by atoms with Crippen molar-refractivity contribution in [1.82, 2.24) is 4.57 Å². The van der Waals surface area contributed by atoms with E-state index in [2.05, 4.69) is 18.4 Å². The van der Waals surface area contributed by atoms with Gasteiger partial charge < -0.3 is 4.57 Å². The second-order valence-corrected chi connectivity index (χ2v) is 6.14. The van der Waals surface area contributed by atoms with E-state index in [0.29, 0.717) is 6.04 Å². The Bertz CT molecular complexity index is 461. The van der Waals surface area contributed by atoms with Gasteiger partial charge in [0.1, 0.15) is 0 Å². The van der Waals surface area contributed by atoms with Crippen LogP contribution in [0.25, 0.3) is 0 Å². The molecule has 3 unspecified atom stereocenters. The highest BCUT2D eigenvalue weighted by atomic mass is 35.5. The molecule has 0 spiro atoms. The van der Waals surface area contributed by atoms with Crippen molar-refractivity contribution in [3.05, 3.63) is 23.0 Å². The average Bonchev–Trinajstić information content (AvgIpc) is 2.98. The highest BCUT2D eigenvalue weighted by Gasteiger charge is 2.39. The van der Waals surface area contributed by atoms with Crippen LogP contribution in [-0.2, 0) is 0 Å². The number of aromatic nitrogens is 1. The molecule has 0 bridgehead atoms. The van der Waals surface area contributed by atoms with Gasteiger partial charge >= 0.3 is 0 Å². The Labute approximate surface area is 114 Å². The number of hydrogen-bond acceptors (Lipinski definition) is 1. The fourth-order valence-electron chi connectivity index (χ4n) is 2.98. The maximum atomic E-state index is 12.0. The summed E-state index contributed by atoms with van der Waals surface area (Å²) in [4.78, 5) is 12.0. The van der Waals surface area contributed by atoms with Crippen LogP contribution in [0.15, 0.2) is 6.07 Å². The zero-order valence-corrected chi connectivity index (χ0v) is 12.4. The normalized spacial score (nSPS) is 24.1. The Morgan fingerprint density at radius 3 is 2.78 bits per heavy atom. The third-order valence-corrected chi connectivity index (χ3v) is 4.19. The van der Waals surface area contributed by atoms with Crippen LogP contribution in [-0.4, -0.2) is 15.7 Å². The predicted octanol–water partition coefficient (Wildman–Crippen LogP) is 4.28. The average molecular weight is 268 g/mol. The lowest BCUT2D eigenvalue weighted by atomic mass is 10.1. The molecule has 1 aromatic rings. The summed E-state index contributed by atoms with van der Waals surface area (Å²) < 4.78 is 2.34. The van der Waals surface area contributed by atoms with Gasteiger partial charge in [-0.05, 0) is 45.6 Å². The van der Waals surface area contributed by atoms with Crippen LogP contribution >= 0.6 is 11.6 Å². The monoisotopic (exact) mass is 267 g/mol. The molecule has 2 rings (SSSR count). The lowest BCUT2D eigenvalue weighted by Crippen LogP contribution is -2.12. The van der Waals surface area contributed by atoms with E-state index in [-0.39, 0.29) is 5.78 Å². The molecular formula is C15H22ClNO. The number of hydrogen-bond donors (Lipinski definition) is 0. The number of ketones is 1. The predicted molar refractivity (Wildman–Crippen MR) is 75.6 cm³/mol. The second kappa shape index (κ2) is 5.08. The van der Waals surface area contributed by atoms with E-state index in [1.54, 1.807) is 6.92 Å². The molecule has 1 aliphatic rings. The van der Waals surface area contributed by atoms with Crippen molar-refractivity contribution in [2.24, 2.45) is 5.92 Å². The molecule has 1 saturated carbocycles. The summed E-state index contributed by atoms with van der Waals surface area (Å²) in [6, 6.07) is 2.61. The van der Waals surface area contributed by atoms with Crippen molar-refractivity contribution in [3.63, 3.8) is 0 Å². The minimum absolute atomic E-state index is 0.0451. The molecule has 0 amide bonds. The maximum absolute atomic E-state index is 12.0. The molecule has 0 aromatic carbocycles. The Kier molecular flexibility index (Phi) is 3.86. The number of carbonyl (C=O) groups excluding carboxylic acids is 1. The number of Topliss-reactive ketones (excluding diaryl/α,β-unsaturated/α-hetero) is 1. The molecule has 0 aliphatic heterocycles. The summed E-state index contributed by atoms with van der Waals surface area (Å²) in [6.07, 6.45) is 3.79. The van der Waals surface area contributed by atoms with Crippen LogP contribution < -0.4 is 0 Å². The molecule has 1 aromatic heterocycles. The summed E-state index contributed by atoms with van der Waals surface area (Å²) in [6.45, 7) is 8.10. The molecule has 3 heteroatoms. The first-order valence-electron chi connectivity index (χ1n) is 6.84. The van der Waals surface area contributed by atoms with Gasteiger partial charge in [-0.15, -0.1) is 11.6 Å². The van der Waals surface area contributed by atoms with E-state index >= 15 is 0 Å². The van der Waals surface area contributed by atoms with Crippen LogP contribution in [0.3, 0.4) is 0 Å². The second-order valence-electron chi connectivity index (χ2n) is 5.49. The molecule has 3 atom stereocenters. The summed E-state index contributed by atoms with van der Waals surface area (Å²) >= 11 is 5.91. The number of halogens is 1. The topological polar surface area (TPSA) is 22.0 Å². The Morgan fingerprint density at radius 2 is 2.22 bits per heavy atom. The molecule has 18 heavy (non-hydrogen) atoms. The fourth-order valence-corrected chi connectivity index (χ4v) is 3.10. The van der Waals surface area contributed by atoms with E-state index in [0.717, 1.165) is 17.2 Å². The molecule has 1 heterocycles. The van der Waals surface area contributed by atoms with E-state index in [1.165, 1.54) is 25.0 Å². The summed E-state index contributed by atoms with van der Waals surface area (Å²) in [7, 11) is 0. The third kappa shape index (κ3) is 2.35. The van der Waals surface area contributed by atoms with Crippen LogP contribution in [0, 0.1) is 19.8 Å². The first kappa shape index (κ1) is 13.7. The SMILES string of the molecule is CCCC1CC1n1c(C)cc(C(=O)C(C)Cl)c1C. The van der Waals surface area contributed by atoms with Crippen LogP contribution in [0.1, 0.15) is 60.9 Å². The number of aryl methyl sites for hydroxylation is 1. The minimum Gasteiger partial charge on any atom is -0.345 e. The highest BCUT2D eigenvalue weighted by Crippen LogP contribution is 2.48. The molecule has 1 fully saturated rings. The van der Waals surface area contributed by atoms with Crippen molar-refractivity contribution >= 4 is 17.4 Å². The molecule has 0 saturated heterocycles. The van der Waals surface area contributed by atoms with Gasteiger partial charge in [-0.3, -0.25) is 4.79 Å². The fraction of sp³-hybridized carbons (Fsp3) is 0.667. The van der Waals surface area contributed by atoms with Crippen molar-refractivity contribution in [2.75, 3.05) is 0 Å². The minimum atomic E-state index is -0.440.